The van der Waals surface area contributed by atoms with E-state index < -0.39 is 0 Å². The predicted octanol–water partition coefficient (Wildman–Crippen LogP) is 3.33. The highest BCUT2D eigenvalue weighted by molar-refractivity contribution is 5.29. The summed E-state index contributed by atoms with van der Waals surface area (Å²) in [7, 11) is 0. The first-order valence-electron chi connectivity index (χ1n) is 6.65. The molecule has 1 aromatic carbocycles. The van der Waals surface area contributed by atoms with Gasteiger partial charge in [0, 0.05) is 12.6 Å². The van der Waals surface area contributed by atoms with E-state index in [0.29, 0.717) is 5.92 Å². The summed E-state index contributed by atoms with van der Waals surface area (Å²) in [6, 6.07) is 9.29. The zero-order valence-electron chi connectivity index (χ0n) is 11.1. The fourth-order valence-electron chi connectivity index (χ4n) is 1.90. The highest BCUT2D eigenvalue weighted by atomic mass is 16.5. The fourth-order valence-corrected chi connectivity index (χ4v) is 1.90. The maximum Gasteiger partial charge on any atom is 0.119 e. The summed E-state index contributed by atoms with van der Waals surface area (Å²) in [5, 5.41) is 3.57. The van der Waals surface area contributed by atoms with Gasteiger partial charge >= 0.3 is 0 Å². The van der Waals surface area contributed by atoms with E-state index in [4.69, 9.17) is 4.74 Å². The Bertz CT molecular complexity index is 340. The molecule has 2 nitrogen and oxygen atoms in total. The van der Waals surface area contributed by atoms with Crippen molar-refractivity contribution in [1.29, 1.82) is 0 Å². The topological polar surface area (TPSA) is 21.3 Å². The van der Waals surface area contributed by atoms with Gasteiger partial charge in [-0.2, -0.15) is 0 Å². The quantitative estimate of drug-likeness (QED) is 0.813. The van der Waals surface area contributed by atoms with Gasteiger partial charge in [0.25, 0.3) is 0 Å². The second-order valence-corrected chi connectivity index (χ2v) is 5.32. The van der Waals surface area contributed by atoms with Crippen molar-refractivity contribution >= 4 is 0 Å². The van der Waals surface area contributed by atoms with Crippen molar-refractivity contribution in [3.63, 3.8) is 0 Å². The van der Waals surface area contributed by atoms with Crippen LogP contribution in [0, 0.1) is 0 Å². The number of benzene rings is 1. The van der Waals surface area contributed by atoms with Gasteiger partial charge in [0.1, 0.15) is 5.75 Å². The average Bonchev–Trinajstić information content (AvgIpc) is 3.10. The SMILES string of the molecule is CC(C)Oc1ccc(C(C)CNC2CC2)cc1. The molecule has 1 saturated carbocycles. The Hall–Kier alpha value is -1.02. The third-order valence-corrected chi connectivity index (χ3v) is 3.11. The van der Waals surface area contributed by atoms with Crippen LogP contribution in [-0.4, -0.2) is 18.7 Å². The number of rotatable bonds is 6. The molecule has 0 radical (unpaired) electrons. The zero-order chi connectivity index (χ0) is 12.3. The molecule has 1 aromatic rings. The molecule has 94 valence electrons. The number of nitrogens with one attached hydrogen (secondary N) is 1. The predicted molar refractivity (Wildman–Crippen MR) is 71.6 cm³/mol. The second-order valence-electron chi connectivity index (χ2n) is 5.32. The Labute approximate surface area is 104 Å². The first-order chi connectivity index (χ1) is 8.15. The highest BCUT2D eigenvalue weighted by Crippen LogP contribution is 2.22. The fraction of sp³-hybridized carbons (Fsp3) is 0.600. The Morgan fingerprint density at radius 1 is 1.18 bits per heavy atom. The highest BCUT2D eigenvalue weighted by Gasteiger charge is 2.21. The van der Waals surface area contributed by atoms with Gasteiger partial charge in [-0.1, -0.05) is 19.1 Å². The molecule has 1 aliphatic carbocycles. The normalized spacial score (nSPS) is 17.2. The molecule has 0 spiro atoms. The van der Waals surface area contributed by atoms with Gasteiger partial charge in [-0.3, -0.25) is 0 Å². The minimum Gasteiger partial charge on any atom is -0.491 e. The molecule has 0 saturated heterocycles. The van der Waals surface area contributed by atoms with E-state index >= 15 is 0 Å². The van der Waals surface area contributed by atoms with Crippen molar-refractivity contribution in [2.45, 2.75) is 51.7 Å². The van der Waals surface area contributed by atoms with Crippen LogP contribution in [-0.2, 0) is 0 Å². The molecule has 0 aliphatic heterocycles. The van der Waals surface area contributed by atoms with Crippen molar-refractivity contribution in [2.24, 2.45) is 0 Å². The standard InChI is InChI=1S/C15H23NO/c1-11(2)17-15-8-4-13(5-9-15)12(3)10-16-14-6-7-14/h4-5,8-9,11-12,14,16H,6-7,10H2,1-3H3. The summed E-state index contributed by atoms with van der Waals surface area (Å²) >= 11 is 0. The van der Waals surface area contributed by atoms with Crippen LogP contribution in [0.25, 0.3) is 0 Å². The maximum atomic E-state index is 5.64. The van der Waals surface area contributed by atoms with Gasteiger partial charge in [-0.15, -0.1) is 0 Å². The summed E-state index contributed by atoms with van der Waals surface area (Å²) in [5.74, 6) is 1.54. The zero-order valence-corrected chi connectivity index (χ0v) is 11.1. The smallest absolute Gasteiger partial charge is 0.119 e. The third-order valence-electron chi connectivity index (χ3n) is 3.11. The molecule has 1 aliphatic rings. The van der Waals surface area contributed by atoms with Crippen molar-refractivity contribution < 1.29 is 4.74 Å². The molecule has 2 heteroatoms. The molecule has 0 heterocycles. The minimum atomic E-state index is 0.245. The number of ether oxygens (including phenoxy) is 1. The number of hydrogen-bond donors (Lipinski definition) is 1. The van der Waals surface area contributed by atoms with Crippen LogP contribution in [0.5, 0.6) is 5.75 Å². The second kappa shape index (κ2) is 5.54. The first kappa shape index (κ1) is 12.4. The Morgan fingerprint density at radius 2 is 1.82 bits per heavy atom. The maximum absolute atomic E-state index is 5.64. The molecule has 17 heavy (non-hydrogen) atoms. The molecule has 0 amide bonds. The molecule has 1 fully saturated rings. The van der Waals surface area contributed by atoms with Gasteiger partial charge in [0.05, 0.1) is 6.10 Å². The van der Waals surface area contributed by atoms with Gasteiger partial charge < -0.3 is 10.1 Å². The Kier molecular flexibility index (Phi) is 4.06. The van der Waals surface area contributed by atoms with E-state index in [1.165, 1.54) is 18.4 Å². The Morgan fingerprint density at radius 3 is 2.35 bits per heavy atom. The molecular formula is C15H23NO. The van der Waals surface area contributed by atoms with Gasteiger partial charge in [0.15, 0.2) is 0 Å². The Balaban J connectivity index is 1.86. The van der Waals surface area contributed by atoms with Crippen LogP contribution >= 0.6 is 0 Å². The van der Waals surface area contributed by atoms with E-state index in [1.807, 2.05) is 0 Å². The van der Waals surface area contributed by atoms with Gasteiger partial charge in [-0.05, 0) is 50.3 Å². The van der Waals surface area contributed by atoms with Crippen molar-refractivity contribution in [1.82, 2.24) is 5.32 Å². The first-order valence-corrected chi connectivity index (χ1v) is 6.65. The van der Waals surface area contributed by atoms with E-state index in [2.05, 4.69) is 50.4 Å². The lowest BCUT2D eigenvalue weighted by molar-refractivity contribution is 0.242. The summed E-state index contributed by atoms with van der Waals surface area (Å²) in [5.41, 5.74) is 1.38. The van der Waals surface area contributed by atoms with Crippen LogP contribution < -0.4 is 10.1 Å². The van der Waals surface area contributed by atoms with Crippen molar-refractivity contribution in [3.05, 3.63) is 29.8 Å². The average molecular weight is 233 g/mol. The lowest BCUT2D eigenvalue weighted by Gasteiger charge is -2.14. The third kappa shape index (κ3) is 4.04. The number of hydrogen-bond acceptors (Lipinski definition) is 2. The van der Waals surface area contributed by atoms with Crippen molar-refractivity contribution in [3.8, 4) is 5.75 Å². The molecule has 1 N–H and O–H groups in total. The summed E-state index contributed by atoms with van der Waals surface area (Å²) < 4.78 is 5.64. The summed E-state index contributed by atoms with van der Waals surface area (Å²) in [6.45, 7) is 7.45. The van der Waals surface area contributed by atoms with Gasteiger partial charge in [-0.25, -0.2) is 0 Å². The van der Waals surface area contributed by atoms with E-state index in [9.17, 15) is 0 Å². The molecule has 2 rings (SSSR count). The van der Waals surface area contributed by atoms with Crippen LogP contribution in [0.3, 0.4) is 0 Å². The van der Waals surface area contributed by atoms with Crippen LogP contribution in [0.2, 0.25) is 0 Å². The van der Waals surface area contributed by atoms with E-state index in [1.54, 1.807) is 0 Å². The largest absolute Gasteiger partial charge is 0.491 e. The van der Waals surface area contributed by atoms with E-state index in [0.717, 1.165) is 18.3 Å². The summed E-state index contributed by atoms with van der Waals surface area (Å²) in [6.07, 6.45) is 2.96. The van der Waals surface area contributed by atoms with Gasteiger partial charge in [0.2, 0.25) is 0 Å². The van der Waals surface area contributed by atoms with Crippen LogP contribution in [0.1, 0.15) is 45.1 Å². The monoisotopic (exact) mass is 233 g/mol. The molecule has 0 bridgehead atoms. The molecular weight excluding hydrogens is 210 g/mol. The molecule has 1 unspecified atom stereocenters. The molecule has 1 atom stereocenters. The van der Waals surface area contributed by atoms with E-state index in [-0.39, 0.29) is 6.10 Å². The van der Waals surface area contributed by atoms with Crippen LogP contribution in [0.15, 0.2) is 24.3 Å². The van der Waals surface area contributed by atoms with Crippen molar-refractivity contribution in [2.75, 3.05) is 6.54 Å². The summed E-state index contributed by atoms with van der Waals surface area (Å²) in [4.78, 5) is 0. The minimum absolute atomic E-state index is 0.245. The van der Waals surface area contributed by atoms with Crippen LogP contribution in [0.4, 0.5) is 0 Å². The lowest BCUT2D eigenvalue weighted by Crippen LogP contribution is -2.21. The lowest BCUT2D eigenvalue weighted by atomic mass is 10.0. The molecule has 0 aromatic heterocycles.